The highest BCUT2D eigenvalue weighted by Crippen LogP contribution is 2.45. The number of phenols is 1. The first kappa shape index (κ1) is 23.3. The Bertz CT molecular complexity index is 1650. The van der Waals surface area contributed by atoms with Gasteiger partial charge in [-0.15, -0.1) is 11.3 Å². The molecule has 1 aromatic heterocycles. The van der Waals surface area contributed by atoms with Gasteiger partial charge in [0.2, 0.25) is 5.78 Å². The maximum Gasteiger partial charge on any atom is 0.205 e. The smallest absolute Gasteiger partial charge is 0.205 e. The molecule has 0 spiro atoms. The molecule has 0 saturated carbocycles. The Morgan fingerprint density at radius 2 is 1.57 bits per heavy atom. The monoisotopic (exact) mass is 518 g/mol. The second-order valence-corrected chi connectivity index (χ2v) is 10.7. The van der Waals surface area contributed by atoms with Crippen molar-refractivity contribution in [1.82, 2.24) is 4.98 Å². The highest BCUT2D eigenvalue weighted by molar-refractivity contribution is 8.04. The quantitative estimate of drug-likeness (QED) is 0.229. The van der Waals surface area contributed by atoms with E-state index in [1.165, 1.54) is 11.8 Å². The molecule has 0 saturated heterocycles. The summed E-state index contributed by atoms with van der Waals surface area (Å²) in [6.45, 7) is 2.04. The Morgan fingerprint density at radius 3 is 2.38 bits per heavy atom. The summed E-state index contributed by atoms with van der Waals surface area (Å²) < 4.78 is 0. The van der Waals surface area contributed by atoms with Crippen LogP contribution in [0.5, 0.6) is 5.75 Å². The molecule has 0 amide bonds. The maximum atomic E-state index is 14.0. The molecule has 0 atom stereocenters. The Kier molecular flexibility index (Phi) is 6.12. The predicted octanol–water partition coefficient (Wildman–Crippen LogP) is 8.26. The molecule has 1 aliphatic heterocycles. The first-order chi connectivity index (χ1) is 18.1. The number of carbonyl (C=O) groups excluding carboxylic acids is 1. The fourth-order valence-corrected chi connectivity index (χ4v) is 6.12. The Hall–Kier alpha value is -4.13. The summed E-state index contributed by atoms with van der Waals surface area (Å²) in [6, 6.07) is 31.1. The summed E-state index contributed by atoms with van der Waals surface area (Å²) in [4.78, 5) is 20.3. The van der Waals surface area contributed by atoms with Crippen molar-refractivity contribution in [2.75, 3.05) is 5.32 Å². The average molecular weight is 519 g/mol. The molecule has 5 aromatic rings. The molecule has 6 heteroatoms. The molecule has 4 nitrogen and oxygen atoms in total. The number of rotatable bonds is 5. The minimum absolute atomic E-state index is 0.0533. The van der Waals surface area contributed by atoms with Gasteiger partial charge in [0.25, 0.3) is 0 Å². The van der Waals surface area contributed by atoms with Crippen LogP contribution in [0.2, 0.25) is 0 Å². The number of nitrogens with one attached hydrogen (secondary N) is 1. The number of aryl methyl sites for hydroxylation is 1. The van der Waals surface area contributed by atoms with Gasteiger partial charge in [0.15, 0.2) is 0 Å². The number of fused-ring (bicyclic) bond motifs is 1. The zero-order valence-corrected chi connectivity index (χ0v) is 21.6. The lowest BCUT2D eigenvalue weighted by Gasteiger charge is -2.24. The van der Waals surface area contributed by atoms with Crippen LogP contribution in [0.4, 0.5) is 5.69 Å². The number of hydrogen-bond acceptors (Lipinski definition) is 6. The highest BCUT2D eigenvalue weighted by Gasteiger charge is 2.27. The normalized spacial score (nSPS) is 12.7. The number of phenolic OH excluding ortho intramolecular Hbond substituents is 1. The van der Waals surface area contributed by atoms with Gasteiger partial charge in [-0.2, -0.15) is 0 Å². The molecule has 0 radical (unpaired) electrons. The number of aromatic nitrogens is 1. The van der Waals surface area contributed by atoms with Gasteiger partial charge >= 0.3 is 0 Å². The molecule has 0 unspecified atom stereocenters. The fourth-order valence-electron chi connectivity index (χ4n) is 4.21. The van der Waals surface area contributed by atoms with Gasteiger partial charge in [-0.05, 0) is 42.8 Å². The van der Waals surface area contributed by atoms with Gasteiger partial charge in [-0.1, -0.05) is 84.1 Å². The van der Waals surface area contributed by atoms with E-state index in [0.717, 1.165) is 49.2 Å². The van der Waals surface area contributed by atoms with E-state index in [0.29, 0.717) is 4.91 Å². The van der Waals surface area contributed by atoms with Crippen molar-refractivity contribution < 1.29 is 9.90 Å². The van der Waals surface area contributed by atoms with Crippen LogP contribution in [0.15, 0.2) is 112 Å². The fraction of sp³-hybridized carbons (Fsp3) is 0.0323. The molecule has 2 heterocycles. The standard InChI is InChI=1S/C31H22N2O2S2/c1-19-11-13-20(14-12-19)28-30(37-27-10-6-5-9-24(27)32-28)29(35)23-17-22(15-16-26(23)34)25-18-36-31(33-25)21-7-3-2-4-8-21/h2-18,32,34H,1H3. The van der Waals surface area contributed by atoms with Crippen molar-refractivity contribution in [3.63, 3.8) is 0 Å². The molecular formula is C31H22N2O2S2. The van der Waals surface area contributed by atoms with E-state index in [1.54, 1.807) is 29.5 Å². The second-order valence-electron chi connectivity index (χ2n) is 8.76. The number of hydrogen-bond donors (Lipinski definition) is 2. The van der Waals surface area contributed by atoms with Crippen LogP contribution in [0, 0.1) is 6.92 Å². The van der Waals surface area contributed by atoms with E-state index < -0.39 is 0 Å². The number of nitrogens with zero attached hydrogens (tertiary/aromatic N) is 1. The van der Waals surface area contributed by atoms with Crippen molar-refractivity contribution in [1.29, 1.82) is 0 Å². The molecule has 37 heavy (non-hydrogen) atoms. The largest absolute Gasteiger partial charge is 0.507 e. The number of benzene rings is 4. The van der Waals surface area contributed by atoms with Crippen molar-refractivity contribution in [2.24, 2.45) is 0 Å². The summed E-state index contributed by atoms with van der Waals surface area (Å²) in [6.07, 6.45) is 0. The van der Waals surface area contributed by atoms with Crippen molar-refractivity contribution in [3.8, 4) is 27.6 Å². The minimum Gasteiger partial charge on any atom is -0.507 e. The number of thiazole rings is 1. The Morgan fingerprint density at radius 1 is 0.838 bits per heavy atom. The van der Waals surface area contributed by atoms with Crippen LogP contribution < -0.4 is 5.32 Å². The minimum atomic E-state index is -0.236. The van der Waals surface area contributed by atoms with E-state index in [9.17, 15) is 9.90 Å². The first-order valence-electron chi connectivity index (χ1n) is 11.8. The third kappa shape index (κ3) is 4.57. The van der Waals surface area contributed by atoms with Gasteiger partial charge in [0.1, 0.15) is 10.8 Å². The summed E-state index contributed by atoms with van der Waals surface area (Å²) in [5, 5.41) is 17.1. The van der Waals surface area contributed by atoms with Crippen LogP contribution in [-0.4, -0.2) is 15.9 Å². The van der Waals surface area contributed by atoms with Crippen molar-refractivity contribution in [2.45, 2.75) is 11.8 Å². The van der Waals surface area contributed by atoms with Gasteiger partial charge in [0.05, 0.1) is 27.5 Å². The third-order valence-electron chi connectivity index (χ3n) is 6.19. The highest BCUT2D eigenvalue weighted by atomic mass is 32.2. The molecule has 180 valence electrons. The molecular weight excluding hydrogens is 496 g/mol. The summed E-state index contributed by atoms with van der Waals surface area (Å²) >= 11 is 2.97. The van der Waals surface area contributed by atoms with Gasteiger partial charge in [-0.25, -0.2) is 4.98 Å². The molecule has 0 bridgehead atoms. The second kappa shape index (κ2) is 9.73. The van der Waals surface area contributed by atoms with E-state index in [1.807, 2.05) is 91.2 Å². The molecule has 6 rings (SSSR count). The van der Waals surface area contributed by atoms with Gasteiger partial charge in [-0.3, -0.25) is 4.79 Å². The van der Waals surface area contributed by atoms with E-state index in [2.05, 4.69) is 5.32 Å². The number of ketones is 1. The summed E-state index contributed by atoms with van der Waals surface area (Å²) in [5.41, 5.74) is 6.59. The lowest BCUT2D eigenvalue weighted by molar-refractivity contribution is 0.104. The SMILES string of the molecule is Cc1ccc(C2=C(C(=O)c3cc(-c4csc(-c5ccccc5)n4)ccc3O)Sc3ccccc3N2)cc1. The third-order valence-corrected chi connectivity index (χ3v) is 8.26. The first-order valence-corrected chi connectivity index (χ1v) is 13.5. The number of thioether (sulfide) groups is 1. The van der Waals surface area contributed by atoms with Crippen LogP contribution in [-0.2, 0) is 0 Å². The summed E-state index contributed by atoms with van der Waals surface area (Å²) in [7, 11) is 0. The number of aromatic hydroxyl groups is 1. The number of allylic oxidation sites excluding steroid dienone is 1. The Balaban J connectivity index is 1.41. The van der Waals surface area contributed by atoms with E-state index in [-0.39, 0.29) is 17.1 Å². The zero-order valence-electron chi connectivity index (χ0n) is 19.9. The number of para-hydroxylation sites is 1. The number of anilines is 1. The molecule has 1 aliphatic rings. The maximum absolute atomic E-state index is 14.0. The van der Waals surface area contributed by atoms with Crippen LogP contribution >= 0.6 is 23.1 Å². The lowest BCUT2D eigenvalue weighted by atomic mass is 10.0. The van der Waals surface area contributed by atoms with Crippen LogP contribution in [0.1, 0.15) is 21.5 Å². The van der Waals surface area contributed by atoms with Gasteiger partial charge in [0, 0.05) is 21.4 Å². The number of carbonyl (C=O) groups is 1. The Labute approximate surface area is 223 Å². The average Bonchev–Trinajstić information content (AvgIpc) is 3.44. The number of Topliss-reactive ketones (excluding diaryl/α,β-unsaturated/α-hetero) is 1. The zero-order chi connectivity index (χ0) is 25.4. The molecule has 4 aromatic carbocycles. The lowest BCUT2D eigenvalue weighted by Crippen LogP contribution is -2.13. The van der Waals surface area contributed by atoms with Crippen LogP contribution in [0.3, 0.4) is 0 Å². The molecule has 2 N–H and O–H groups in total. The summed E-state index contributed by atoms with van der Waals surface area (Å²) in [5.74, 6) is -0.289. The van der Waals surface area contributed by atoms with E-state index >= 15 is 0 Å². The molecule has 0 aliphatic carbocycles. The van der Waals surface area contributed by atoms with E-state index in [4.69, 9.17) is 4.98 Å². The van der Waals surface area contributed by atoms with Crippen molar-refractivity contribution >= 4 is 40.3 Å². The van der Waals surface area contributed by atoms with Crippen molar-refractivity contribution in [3.05, 3.63) is 124 Å². The molecule has 0 fully saturated rings. The van der Waals surface area contributed by atoms with Gasteiger partial charge < -0.3 is 10.4 Å². The topological polar surface area (TPSA) is 62.2 Å². The predicted molar refractivity (Wildman–Crippen MR) is 153 cm³/mol. The van der Waals surface area contributed by atoms with Crippen LogP contribution in [0.25, 0.3) is 27.5 Å².